The fraction of sp³-hybridized carbons (Fsp3) is 0.375. The summed E-state index contributed by atoms with van der Waals surface area (Å²) in [7, 11) is 0. The van der Waals surface area contributed by atoms with Crippen LogP contribution in [0.3, 0.4) is 0 Å². The molecule has 0 spiro atoms. The number of hydrogen-bond acceptors (Lipinski definition) is 4. The van der Waals surface area contributed by atoms with Crippen LogP contribution < -0.4 is 5.32 Å². The second kappa shape index (κ2) is 10.4. The maximum atomic E-state index is 12.3. The van der Waals surface area contributed by atoms with Gasteiger partial charge in [-0.2, -0.15) is 5.26 Å². The second-order valence-electron chi connectivity index (χ2n) is 7.55. The minimum Gasteiger partial charge on any atom is -0.451 e. The first-order valence-corrected chi connectivity index (χ1v) is 10.1. The van der Waals surface area contributed by atoms with Crippen molar-refractivity contribution in [2.24, 2.45) is 0 Å². The van der Waals surface area contributed by atoms with E-state index in [0.29, 0.717) is 11.6 Å². The highest BCUT2D eigenvalue weighted by atomic mass is 16.5. The molecule has 0 aliphatic heterocycles. The number of nitrogens with one attached hydrogen (secondary N) is 1. The molecule has 1 aromatic carbocycles. The van der Waals surface area contributed by atoms with Gasteiger partial charge in [0.15, 0.2) is 6.61 Å². The molecule has 2 aromatic rings. The van der Waals surface area contributed by atoms with Gasteiger partial charge in [-0.15, -0.1) is 0 Å². The van der Waals surface area contributed by atoms with Crippen molar-refractivity contribution >= 4 is 23.6 Å². The maximum Gasteiger partial charge on any atom is 0.349 e. The number of amides is 1. The van der Waals surface area contributed by atoms with Gasteiger partial charge in [0.05, 0.1) is 0 Å². The summed E-state index contributed by atoms with van der Waals surface area (Å²) in [5, 5.41) is 12.1. The third-order valence-corrected chi connectivity index (χ3v) is 4.90. The van der Waals surface area contributed by atoms with Crippen LogP contribution >= 0.6 is 0 Å². The number of anilines is 1. The highest BCUT2D eigenvalue weighted by molar-refractivity contribution is 6.00. The van der Waals surface area contributed by atoms with E-state index in [4.69, 9.17) is 4.74 Å². The monoisotopic (exact) mass is 407 g/mol. The summed E-state index contributed by atoms with van der Waals surface area (Å²) in [6.07, 6.45) is 2.50. The Hall–Kier alpha value is -3.33. The molecule has 0 unspecified atom stereocenters. The van der Waals surface area contributed by atoms with Gasteiger partial charge in [0.2, 0.25) is 0 Å². The van der Waals surface area contributed by atoms with Crippen LogP contribution in [0.25, 0.3) is 6.08 Å². The normalized spacial score (nSPS) is 11.3. The van der Waals surface area contributed by atoms with Crippen LogP contribution in [0.5, 0.6) is 0 Å². The molecule has 6 heteroatoms. The summed E-state index contributed by atoms with van der Waals surface area (Å²) in [6, 6.07) is 11.3. The molecule has 0 saturated heterocycles. The lowest BCUT2D eigenvalue weighted by Crippen LogP contribution is -2.21. The topological polar surface area (TPSA) is 84.1 Å². The average Bonchev–Trinajstić information content (AvgIpc) is 2.98. The SMILES string of the molecule is CCCn1c(C)cc(/C=C(\C#N)C(=O)OCC(=O)Nc2ccc(C(C)C)cc2)c1C. The van der Waals surface area contributed by atoms with E-state index < -0.39 is 18.5 Å². The number of carbonyl (C=O) groups is 2. The molecule has 0 radical (unpaired) electrons. The number of aromatic nitrogens is 1. The van der Waals surface area contributed by atoms with E-state index >= 15 is 0 Å². The number of nitrogens with zero attached hydrogens (tertiary/aromatic N) is 2. The number of esters is 1. The van der Waals surface area contributed by atoms with Crippen molar-refractivity contribution in [1.29, 1.82) is 5.26 Å². The van der Waals surface area contributed by atoms with Crippen molar-refractivity contribution in [3.8, 4) is 6.07 Å². The molecule has 6 nitrogen and oxygen atoms in total. The van der Waals surface area contributed by atoms with Gasteiger partial charge < -0.3 is 14.6 Å². The molecule has 158 valence electrons. The summed E-state index contributed by atoms with van der Waals surface area (Å²) < 4.78 is 7.18. The molecule has 0 aliphatic rings. The van der Waals surface area contributed by atoms with Crippen LogP contribution in [0, 0.1) is 25.2 Å². The molecule has 2 rings (SSSR count). The maximum absolute atomic E-state index is 12.3. The van der Waals surface area contributed by atoms with E-state index in [1.54, 1.807) is 0 Å². The van der Waals surface area contributed by atoms with Gasteiger partial charge in [-0.05, 0) is 61.6 Å². The number of nitriles is 1. The Morgan fingerprint density at radius 1 is 1.23 bits per heavy atom. The van der Waals surface area contributed by atoms with Crippen molar-refractivity contribution in [2.75, 3.05) is 11.9 Å². The number of rotatable bonds is 8. The minimum atomic E-state index is -0.817. The Morgan fingerprint density at radius 2 is 1.90 bits per heavy atom. The highest BCUT2D eigenvalue weighted by Crippen LogP contribution is 2.19. The van der Waals surface area contributed by atoms with Crippen LogP contribution in [0.2, 0.25) is 0 Å². The number of benzene rings is 1. The zero-order valence-corrected chi connectivity index (χ0v) is 18.3. The fourth-order valence-electron chi connectivity index (χ4n) is 3.19. The van der Waals surface area contributed by atoms with Gasteiger partial charge in [0, 0.05) is 23.6 Å². The van der Waals surface area contributed by atoms with Crippen LogP contribution in [0.1, 0.15) is 55.6 Å². The molecule has 1 N–H and O–H groups in total. The molecular formula is C24H29N3O3. The van der Waals surface area contributed by atoms with E-state index in [1.165, 1.54) is 11.6 Å². The number of hydrogen-bond donors (Lipinski definition) is 1. The third kappa shape index (κ3) is 5.84. The van der Waals surface area contributed by atoms with E-state index in [9.17, 15) is 14.9 Å². The number of ether oxygens (including phenoxy) is 1. The number of carbonyl (C=O) groups excluding carboxylic acids is 2. The first-order chi connectivity index (χ1) is 14.3. The van der Waals surface area contributed by atoms with Crippen molar-refractivity contribution < 1.29 is 14.3 Å². The van der Waals surface area contributed by atoms with Gasteiger partial charge in [0.1, 0.15) is 11.6 Å². The summed E-state index contributed by atoms with van der Waals surface area (Å²) in [6.45, 7) is 10.6. The standard InChI is InChI=1S/C24H29N3O3/c1-6-11-27-17(4)12-20(18(27)5)13-21(14-25)24(29)30-15-23(28)26-22-9-7-19(8-10-22)16(2)3/h7-10,12-13,16H,6,11,15H2,1-5H3,(H,26,28)/b21-13+. The second-order valence-corrected chi connectivity index (χ2v) is 7.55. The Labute approximate surface area is 178 Å². The van der Waals surface area contributed by atoms with E-state index in [0.717, 1.165) is 29.9 Å². The van der Waals surface area contributed by atoms with E-state index in [1.807, 2.05) is 50.2 Å². The van der Waals surface area contributed by atoms with Crippen molar-refractivity contribution in [3.05, 3.63) is 58.4 Å². The summed E-state index contributed by atoms with van der Waals surface area (Å²) in [5.41, 5.74) is 4.50. The molecule has 0 fully saturated rings. The Morgan fingerprint density at radius 3 is 2.47 bits per heavy atom. The van der Waals surface area contributed by atoms with Crippen molar-refractivity contribution in [2.45, 2.75) is 53.5 Å². The van der Waals surface area contributed by atoms with Gasteiger partial charge in [-0.25, -0.2) is 4.79 Å². The molecule has 0 bridgehead atoms. The van der Waals surface area contributed by atoms with Crippen molar-refractivity contribution in [3.63, 3.8) is 0 Å². The lowest BCUT2D eigenvalue weighted by Gasteiger charge is -2.09. The highest BCUT2D eigenvalue weighted by Gasteiger charge is 2.15. The van der Waals surface area contributed by atoms with Crippen LogP contribution in [0.4, 0.5) is 5.69 Å². The molecule has 1 amide bonds. The molecule has 30 heavy (non-hydrogen) atoms. The Bertz CT molecular complexity index is 976. The lowest BCUT2D eigenvalue weighted by atomic mass is 10.0. The molecule has 1 heterocycles. The van der Waals surface area contributed by atoms with Crippen molar-refractivity contribution in [1.82, 2.24) is 4.57 Å². The third-order valence-electron chi connectivity index (χ3n) is 4.90. The van der Waals surface area contributed by atoms with Gasteiger partial charge in [0.25, 0.3) is 5.91 Å². The first-order valence-electron chi connectivity index (χ1n) is 10.1. The van der Waals surface area contributed by atoms with Crippen LogP contribution in [0.15, 0.2) is 35.9 Å². The summed E-state index contributed by atoms with van der Waals surface area (Å²) >= 11 is 0. The fourth-order valence-corrected chi connectivity index (χ4v) is 3.19. The minimum absolute atomic E-state index is 0.138. The van der Waals surface area contributed by atoms with Crippen LogP contribution in [-0.4, -0.2) is 23.1 Å². The van der Waals surface area contributed by atoms with Crippen LogP contribution in [-0.2, 0) is 20.9 Å². The van der Waals surface area contributed by atoms with Gasteiger partial charge >= 0.3 is 5.97 Å². The molecule has 0 atom stereocenters. The predicted octanol–water partition coefficient (Wildman–Crippen LogP) is 4.73. The molecular weight excluding hydrogens is 378 g/mol. The van der Waals surface area contributed by atoms with Gasteiger partial charge in [-0.1, -0.05) is 32.9 Å². The smallest absolute Gasteiger partial charge is 0.349 e. The Balaban J connectivity index is 2.00. The lowest BCUT2D eigenvalue weighted by molar-refractivity contribution is -0.142. The zero-order chi connectivity index (χ0) is 22.3. The largest absolute Gasteiger partial charge is 0.451 e. The average molecular weight is 408 g/mol. The Kier molecular flexibility index (Phi) is 7.99. The predicted molar refractivity (Wildman–Crippen MR) is 118 cm³/mol. The summed E-state index contributed by atoms with van der Waals surface area (Å²) in [4.78, 5) is 24.4. The number of aryl methyl sites for hydroxylation is 1. The zero-order valence-electron chi connectivity index (χ0n) is 18.3. The summed E-state index contributed by atoms with van der Waals surface area (Å²) in [5.74, 6) is -0.875. The molecule has 0 aliphatic carbocycles. The van der Waals surface area contributed by atoms with E-state index in [-0.39, 0.29) is 5.57 Å². The van der Waals surface area contributed by atoms with Gasteiger partial charge in [-0.3, -0.25) is 4.79 Å². The van der Waals surface area contributed by atoms with E-state index in [2.05, 4.69) is 30.7 Å². The molecule has 1 aromatic heterocycles. The quantitative estimate of drug-likeness (QED) is 0.390. The first kappa shape index (κ1) is 23.0. The molecule has 0 saturated carbocycles.